The molecule has 0 heterocycles. The van der Waals surface area contributed by atoms with Gasteiger partial charge in [0.1, 0.15) is 13.4 Å². The number of hydrogen-bond acceptors (Lipinski definition) is 2. The molecular weight excluding hydrogens is 409 g/mol. The van der Waals surface area contributed by atoms with E-state index in [9.17, 15) is 48.3 Å². The summed E-state index contributed by atoms with van der Waals surface area (Å²) in [5, 5.41) is 0. The molecule has 158 valence electrons. The van der Waals surface area contributed by atoms with Gasteiger partial charge < -0.3 is 9.47 Å². The molecule has 1 atom stereocenters. The zero-order valence-electron chi connectivity index (χ0n) is 13.2. The molecule has 0 N–H and O–H groups in total. The number of hydrogen-bond donors (Lipinski definition) is 0. The van der Waals surface area contributed by atoms with Crippen molar-refractivity contribution < 1.29 is 57.8 Å². The van der Waals surface area contributed by atoms with Crippen LogP contribution < -0.4 is 0 Å². The van der Waals surface area contributed by atoms with Crippen molar-refractivity contribution in [2.45, 2.75) is 43.1 Å². The van der Waals surface area contributed by atoms with Crippen LogP contribution in [0.1, 0.15) is 12.8 Å². The van der Waals surface area contributed by atoms with Gasteiger partial charge in [-0.1, -0.05) is 6.08 Å². The maximum absolute atomic E-state index is 13.5. The standard InChI is InChI=1S/C14H13F11O2/c1-2-3-10(4-8(15)5-10)12(13(20,21)22,14(23,24)25)27-7-26-6-11(18,19)9(16)17/h2,4,9H,1,3,5-7H2. The van der Waals surface area contributed by atoms with Crippen molar-refractivity contribution in [3.63, 3.8) is 0 Å². The summed E-state index contributed by atoms with van der Waals surface area (Å²) in [6.07, 6.45) is -18.2. The van der Waals surface area contributed by atoms with E-state index in [1.807, 2.05) is 0 Å². The molecule has 0 aromatic carbocycles. The predicted molar refractivity (Wildman–Crippen MR) is 68.8 cm³/mol. The third kappa shape index (κ3) is 4.23. The lowest BCUT2D eigenvalue weighted by Crippen LogP contribution is -2.69. The minimum atomic E-state index is -6.18. The van der Waals surface area contributed by atoms with Crippen molar-refractivity contribution in [1.29, 1.82) is 0 Å². The average Bonchev–Trinajstić information content (AvgIpc) is 2.42. The van der Waals surface area contributed by atoms with Crippen LogP contribution in [0.25, 0.3) is 0 Å². The molecule has 27 heavy (non-hydrogen) atoms. The first-order chi connectivity index (χ1) is 12.1. The molecule has 1 aliphatic carbocycles. The SMILES string of the molecule is C=CCC1(C(OCOCC(F)(F)C(F)F)(C(F)(F)F)C(F)(F)F)C=C(F)C1. The Labute approximate surface area is 145 Å². The summed E-state index contributed by atoms with van der Waals surface area (Å²) in [5.41, 5.74) is -8.03. The molecule has 0 amide bonds. The summed E-state index contributed by atoms with van der Waals surface area (Å²) >= 11 is 0. The van der Waals surface area contributed by atoms with Crippen LogP contribution in [0.2, 0.25) is 0 Å². The molecule has 2 nitrogen and oxygen atoms in total. The second kappa shape index (κ2) is 7.57. The molecule has 1 aliphatic rings. The zero-order valence-corrected chi connectivity index (χ0v) is 13.2. The van der Waals surface area contributed by atoms with Crippen molar-refractivity contribution in [3.8, 4) is 0 Å². The van der Waals surface area contributed by atoms with Gasteiger partial charge in [0.25, 0.3) is 5.60 Å². The Kier molecular flexibility index (Phi) is 6.63. The van der Waals surface area contributed by atoms with Crippen molar-refractivity contribution in [1.82, 2.24) is 0 Å². The van der Waals surface area contributed by atoms with E-state index in [1.54, 1.807) is 0 Å². The predicted octanol–water partition coefficient (Wildman–Crippen LogP) is 5.56. The highest BCUT2D eigenvalue weighted by Gasteiger charge is 2.81. The average molecular weight is 422 g/mol. The molecule has 0 aromatic heterocycles. The van der Waals surface area contributed by atoms with E-state index in [2.05, 4.69) is 16.1 Å². The van der Waals surface area contributed by atoms with Gasteiger partial charge in [-0.15, -0.1) is 6.58 Å². The van der Waals surface area contributed by atoms with Crippen molar-refractivity contribution >= 4 is 0 Å². The van der Waals surface area contributed by atoms with Crippen LogP contribution in [0, 0.1) is 5.41 Å². The highest BCUT2D eigenvalue weighted by atomic mass is 19.4. The van der Waals surface area contributed by atoms with Crippen LogP contribution >= 0.6 is 0 Å². The van der Waals surface area contributed by atoms with Gasteiger partial charge in [-0.3, -0.25) is 0 Å². The molecule has 0 aliphatic heterocycles. The molecule has 0 saturated carbocycles. The van der Waals surface area contributed by atoms with Crippen molar-refractivity contribution in [2.24, 2.45) is 5.41 Å². The van der Waals surface area contributed by atoms with Gasteiger partial charge in [0.2, 0.25) is 0 Å². The second-order valence-corrected chi connectivity index (χ2v) is 5.77. The Morgan fingerprint density at radius 1 is 1.07 bits per heavy atom. The molecule has 0 radical (unpaired) electrons. The fourth-order valence-electron chi connectivity index (χ4n) is 2.73. The number of ether oxygens (including phenoxy) is 2. The van der Waals surface area contributed by atoms with E-state index < -0.39 is 67.8 Å². The van der Waals surface area contributed by atoms with Crippen molar-refractivity contribution in [3.05, 3.63) is 24.6 Å². The Morgan fingerprint density at radius 3 is 1.89 bits per heavy atom. The molecule has 0 aromatic rings. The van der Waals surface area contributed by atoms with Gasteiger partial charge in [-0.05, 0) is 12.5 Å². The smallest absolute Gasteiger partial charge is 0.349 e. The normalized spacial score (nSPS) is 21.9. The number of allylic oxidation sites excluding steroid dienone is 2. The van der Waals surface area contributed by atoms with Gasteiger partial charge in [0.15, 0.2) is 0 Å². The number of halogens is 11. The van der Waals surface area contributed by atoms with Crippen LogP contribution in [0.3, 0.4) is 0 Å². The second-order valence-electron chi connectivity index (χ2n) is 5.77. The molecule has 0 bridgehead atoms. The Morgan fingerprint density at radius 2 is 1.56 bits per heavy atom. The lowest BCUT2D eigenvalue weighted by atomic mass is 9.60. The highest BCUT2D eigenvalue weighted by molar-refractivity contribution is 5.30. The number of rotatable bonds is 9. The summed E-state index contributed by atoms with van der Waals surface area (Å²) in [6.45, 7) is -1.21. The molecule has 1 rings (SSSR count). The van der Waals surface area contributed by atoms with E-state index >= 15 is 0 Å². The Balaban J connectivity index is 3.22. The molecule has 0 saturated heterocycles. The van der Waals surface area contributed by atoms with Crippen LogP contribution in [-0.4, -0.2) is 43.7 Å². The summed E-state index contributed by atoms with van der Waals surface area (Å²) < 4.78 is 151. The van der Waals surface area contributed by atoms with E-state index in [4.69, 9.17) is 0 Å². The summed E-state index contributed by atoms with van der Waals surface area (Å²) in [5.74, 6) is -6.09. The van der Waals surface area contributed by atoms with Gasteiger partial charge in [0, 0.05) is 11.8 Å². The first-order valence-corrected chi connectivity index (χ1v) is 7.05. The first kappa shape index (κ1) is 23.7. The number of alkyl halides is 10. The van der Waals surface area contributed by atoms with E-state index in [1.165, 1.54) is 0 Å². The van der Waals surface area contributed by atoms with E-state index in [0.29, 0.717) is 6.08 Å². The van der Waals surface area contributed by atoms with Crippen LogP contribution in [0.15, 0.2) is 24.6 Å². The van der Waals surface area contributed by atoms with Gasteiger partial charge in [-0.25, -0.2) is 13.2 Å². The van der Waals surface area contributed by atoms with Crippen LogP contribution in [0.4, 0.5) is 48.3 Å². The van der Waals surface area contributed by atoms with Crippen LogP contribution in [-0.2, 0) is 9.47 Å². The maximum Gasteiger partial charge on any atom is 0.427 e. The molecular formula is C14H13F11O2. The van der Waals surface area contributed by atoms with Crippen LogP contribution in [0.5, 0.6) is 0 Å². The van der Waals surface area contributed by atoms with Gasteiger partial charge in [0.05, 0.1) is 5.83 Å². The minimum Gasteiger partial charge on any atom is -0.349 e. The Bertz CT molecular complexity index is 550. The lowest BCUT2D eigenvalue weighted by molar-refractivity contribution is -0.424. The lowest BCUT2D eigenvalue weighted by Gasteiger charge is -2.52. The molecule has 0 spiro atoms. The largest absolute Gasteiger partial charge is 0.427 e. The fraction of sp³-hybridized carbons (Fsp3) is 0.714. The fourth-order valence-corrected chi connectivity index (χ4v) is 2.73. The summed E-state index contributed by atoms with van der Waals surface area (Å²) in [6, 6.07) is 0. The van der Waals surface area contributed by atoms with Gasteiger partial charge >= 0.3 is 24.7 Å². The third-order valence-corrected chi connectivity index (χ3v) is 3.90. The monoisotopic (exact) mass is 422 g/mol. The van der Waals surface area contributed by atoms with E-state index in [0.717, 1.165) is 0 Å². The molecule has 13 heteroatoms. The third-order valence-electron chi connectivity index (χ3n) is 3.90. The summed E-state index contributed by atoms with van der Waals surface area (Å²) in [7, 11) is 0. The van der Waals surface area contributed by atoms with Crippen molar-refractivity contribution in [2.75, 3.05) is 13.4 Å². The highest BCUT2D eigenvalue weighted by Crippen LogP contribution is 2.63. The molecule has 1 unspecified atom stereocenters. The molecule has 0 fully saturated rings. The van der Waals surface area contributed by atoms with Gasteiger partial charge in [-0.2, -0.15) is 35.1 Å². The first-order valence-electron chi connectivity index (χ1n) is 7.05. The Hall–Kier alpha value is -1.37. The topological polar surface area (TPSA) is 18.5 Å². The summed E-state index contributed by atoms with van der Waals surface area (Å²) in [4.78, 5) is 0. The maximum atomic E-state index is 13.5. The quantitative estimate of drug-likeness (QED) is 0.210. The minimum absolute atomic E-state index is 0.0589. The zero-order chi connectivity index (χ0) is 21.3. The van der Waals surface area contributed by atoms with E-state index in [-0.39, 0.29) is 6.08 Å².